The second-order valence-electron chi connectivity index (χ2n) is 6.82. The molecule has 0 radical (unpaired) electrons. The Balaban J connectivity index is 1.83. The first-order chi connectivity index (χ1) is 12.6. The van der Waals surface area contributed by atoms with Gasteiger partial charge in [0.1, 0.15) is 0 Å². The van der Waals surface area contributed by atoms with Crippen molar-refractivity contribution in [1.29, 1.82) is 5.26 Å². The van der Waals surface area contributed by atoms with Gasteiger partial charge < -0.3 is 11.1 Å². The van der Waals surface area contributed by atoms with Gasteiger partial charge in [0.25, 0.3) is 5.91 Å². The van der Waals surface area contributed by atoms with Crippen LogP contribution in [-0.2, 0) is 0 Å². The smallest absolute Gasteiger partial charge is 0.252 e. The first kappa shape index (κ1) is 16.2. The van der Waals surface area contributed by atoms with Gasteiger partial charge in [0.2, 0.25) is 0 Å². The van der Waals surface area contributed by atoms with Crippen molar-refractivity contribution in [1.82, 2.24) is 9.61 Å². The van der Waals surface area contributed by atoms with Gasteiger partial charge in [0.15, 0.2) is 0 Å². The minimum Gasteiger partial charge on any atom is -0.380 e. The highest BCUT2D eigenvalue weighted by molar-refractivity contribution is 6.02. The van der Waals surface area contributed by atoms with Crippen LogP contribution in [0.25, 0.3) is 16.6 Å². The minimum absolute atomic E-state index is 0.263. The first-order valence-electron chi connectivity index (χ1n) is 8.65. The average molecular weight is 345 g/mol. The van der Waals surface area contributed by atoms with Gasteiger partial charge in [-0.2, -0.15) is 10.4 Å². The summed E-state index contributed by atoms with van der Waals surface area (Å²) in [5, 5.41) is 16.9. The molecule has 4 rings (SSSR count). The summed E-state index contributed by atoms with van der Waals surface area (Å²) < 4.78 is 1.74. The van der Waals surface area contributed by atoms with Crippen molar-refractivity contribution in [2.24, 2.45) is 11.7 Å². The van der Waals surface area contributed by atoms with E-state index in [0.717, 1.165) is 22.3 Å². The molecule has 1 fully saturated rings. The normalized spacial score (nSPS) is 14.8. The van der Waals surface area contributed by atoms with E-state index in [0.29, 0.717) is 17.0 Å². The standard InChI is InChI=1S/C20H19N5O/c1-12(14-5-6-14)24-19-17(20(22)26)10-23-25-11-16(8-18(19)25)15-4-2-3-13(7-15)9-21/h2-4,7-8,10-12,14,24H,5-6H2,1H3,(H2,22,26). The Kier molecular flexibility index (Phi) is 3.85. The van der Waals surface area contributed by atoms with Gasteiger partial charge in [-0.25, -0.2) is 4.52 Å². The molecule has 1 amide bonds. The zero-order valence-corrected chi connectivity index (χ0v) is 14.4. The van der Waals surface area contributed by atoms with Crippen LogP contribution in [-0.4, -0.2) is 21.6 Å². The molecule has 1 atom stereocenters. The molecular weight excluding hydrogens is 326 g/mol. The molecule has 1 saturated carbocycles. The maximum absolute atomic E-state index is 11.9. The third-order valence-corrected chi connectivity index (χ3v) is 4.93. The van der Waals surface area contributed by atoms with Crippen LogP contribution in [0.5, 0.6) is 0 Å². The molecule has 1 aliphatic rings. The Labute approximate surface area is 151 Å². The first-order valence-corrected chi connectivity index (χ1v) is 8.65. The molecule has 2 aromatic heterocycles. The van der Waals surface area contributed by atoms with E-state index in [4.69, 9.17) is 11.0 Å². The number of carbonyl (C=O) groups is 1. The van der Waals surface area contributed by atoms with Crippen LogP contribution in [0.1, 0.15) is 35.7 Å². The quantitative estimate of drug-likeness (QED) is 0.742. The van der Waals surface area contributed by atoms with Crippen molar-refractivity contribution in [2.45, 2.75) is 25.8 Å². The molecule has 0 bridgehead atoms. The molecule has 0 spiro atoms. The number of hydrogen-bond donors (Lipinski definition) is 2. The number of rotatable bonds is 5. The third kappa shape index (κ3) is 2.88. The largest absolute Gasteiger partial charge is 0.380 e. The van der Waals surface area contributed by atoms with Gasteiger partial charge >= 0.3 is 0 Å². The highest BCUT2D eigenvalue weighted by atomic mass is 16.1. The number of hydrogen-bond acceptors (Lipinski definition) is 4. The predicted octanol–water partition coefficient (Wildman–Crippen LogP) is 3.18. The maximum Gasteiger partial charge on any atom is 0.252 e. The van der Waals surface area contributed by atoms with E-state index in [-0.39, 0.29) is 6.04 Å². The number of nitrogens with two attached hydrogens (primary N) is 1. The fourth-order valence-corrected chi connectivity index (χ4v) is 3.26. The van der Waals surface area contributed by atoms with Crippen LogP contribution < -0.4 is 11.1 Å². The average Bonchev–Trinajstić information content (AvgIpc) is 3.40. The lowest BCUT2D eigenvalue weighted by Gasteiger charge is -2.17. The summed E-state index contributed by atoms with van der Waals surface area (Å²) >= 11 is 0. The van der Waals surface area contributed by atoms with Crippen LogP contribution in [0.15, 0.2) is 42.7 Å². The summed E-state index contributed by atoms with van der Waals surface area (Å²) in [5.74, 6) is 0.130. The van der Waals surface area contributed by atoms with Crippen molar-refractivity contribution in [3.05, 3.63) is 53.9 Å². The molecule has 130 valence electrons. The van der Waals surface area contributed by atoms with Gasteiger partial charge in [0, 0.05) is 17.8 Å². The van der Waals surface area contributed by atoms with Crippen molar-refractivity contribution < 1.29 is 4.79 Å². The second-order valence-corrected chi connectivity index (χ2v) is 6.82. The highest BCUT2D eigenvalue weighted by Crippen LogP contribution is 2.36. The van der Waals surface area contributed by atoms with Crippen LogP contribution in [0, 0.1) is 17.2 Å². The topological polar surface area (TPSA) is 96.2 Å². The number of fused-ring (bicyclic) bond motifs is 1. The Morgan fingerprint density at radius 1 is 1.38 bits per heavy atom. The molecule has 3 aromatic rings. The van der Waals surface area contributed by atoms with Crippen LogP contribution >= 0.6 is 0 Å². The zero-order chi connectivity index (χ0) is 18.3. The summed E-state index contributed by atoms with van der Waals surface area (Å²) in [4.78, 5) is 11.9. The molecule has 0 saturated heterocycles. The number of primary amides is 1. The molecular formula is C20H19N5O. The summed E-state index contributed by atoms with van der Waals surface area (Å²) in [5.41, 5.74) is 9.93. The summed E-state index contributed by atoms with van der Waals surface area (Å²) in [6.07, 6.45) is 5.81. The van der Waals surface area contributed by atoms with E-state index in [1.807, 2.05) is 30.5 Å². The zero-order valence-electron chi connectivity index (χ0n) is 14.4. The van der Waals surface area contributed by atoms with E-state index in [2.05, 4.69) is 23.4 Å². The van der Waals surface area contributed by atoms with Crippen molar-refractivity contribution in [3.8, 4) is 17.2 Å². The van der Waals surface area contributed by atoms with E-state index in [1.165, 1.54) is 19.0 Å². The van der Waals surface area contributed by atoms with Crippen LogP contribution in [0.3, 0.4) is 0 Å². The van der Waals surface area contributed by atoms with Gasteiger partial charge in [-0.05, 0) is 49.4 Å². The lowest BCUT2D eigenvalue weighted by Crippen LogP contribution is -2.22. The Morgan fingerprint density at radius 3 is 2.88 bits per heavy atom. The van der Waals surface area contributed by atoms with E-state index < -0.39 is 5.91 Å². The summed E-state index contributed by atoms with van der Waals surface area (Å²) in [7, 11) is 0. The monoisotopic (exact) mass is 345 g/mol. The van der Waals surface area contributed by atoms with Crippen molar-refractivity contribution in [2.75, 3.05) is 5.32 Å². The van der Waals surface area contributed by atoms with Crippen LogP contribution in [0.4, 0.5) is 5.69 Å². The lowest BCUT2D eigenvalue weighted by molar-refractivity contribution is 0.100. The molecule has 3 N–H and O–H groups in total. The minimum atomic E-state index is -0.500. The van der Waals surface area contributed by atoms with Gasteiger partial charge in [-0.3, -0.25) is 4.79 Å². The molecule has 1 aliphatic carbocycles. The fourth-order valence-electron chi connectivity index (χ4n) is 3.26. The number of nitrogens with one attached hydrogen (secondary N) is 1. The Hall–Kier alpha value is -3.33. The fraction of sp³-hybridized carbons (Fsp3) is 0.250. The maximum atomic E-state index is 11.9. The second kappa shape index (κ2) is 6.19. The van der Waals surface area contributed by atoms with Gasteiger partial charge in [-0.15, -0.1) is 0 Å². The Morgan fingerprint density at radius 2 is 2.19 bits per heavy atom. The van der Waals surface area contributed by atoms with Crippen molar-refractivity contribution >= 4 is 17.1 Å². The lowest BCUT2D eigenvalue weighted by atomic mass is 10.1. The van der Waals surface area contributed by atoms with E-state index in [9.17, 15) is 4.79 Å². The number of anilines is 1. The van der Waals surface area contributed by atoms with Gasteiger partial charge in [-0.1, -0.05) is 12.1 Å². The molecule has 26 heavy (non-hydrogen) atoms. The number of amides is 1. The molecule has 6 heteroatoms. The number of nitriles is 1. The summed E-state index contributed by atoms with van der Waals surface area (Å²) in [6.45, 7) is 2.12. The highest BCUT2D eigenvalue weighted by Gasteiger charge is 2.29. The van der Waals surface area contributed by atoms with E-state index >= 15 is 0 Å². The van der Waals surface area contributed by atoms with E-state index in [1.54, 1.807) is 10.6 Å². The number of benzene rings is 1. The third-order valence-electron chi connectivity index (χ3n) is 4.93. The number of aromatic nitrogens is 2. The molecule has 0 aliphatic heterocycles. The number of carbonyl (C=O) groups excluding carboxylic acids is 1. The number of nitrogens with zero attached hydrogens (tertiary/aromatic N) is 3. The van der Waals surface area contributed by atoms with Crippen molar-refractivity contribution in [3.63, 3.8) is 0 Å². The molecule has 1 unspecified atom stereocenters. The van der Waals surface area contributed by atoms with Gasteiger partial charge in [0.05, 0.1) is 34.6 Å². The molecule has 6 nitrogen and oxygen atoms in total. The molecule has 2 heterocycles. The summed E-state index contributed by atoms with van der Waals surface area (Å²) in [6, 6.07) is 11.8. The Bertz CT molecular complexity index is 1040. The van der Waals surface area contributed by atoms with Crippen LogP contribution in [0.2, 0.25) is 0 Å². The SMILES string of the molecule is CC(Nc1c(C(N)=O)cnn2cc(-c3cccc(C#N)c3)cc12)C1CC1. The molecule has 1 aromatic carbocycles. The predicted molar refractivity (Wildman–Crippen MR) is 99.7 cm³/mol.